The minimum Gasteiger partial charge on any atom is -0.449 e. The van der Waals surface area contributed by atoms with E-state index >= 15 is 0 Å². The van der Waals surface area contributed by atoms with Crippen molar-refractivity contribution in [3.8, 4) is 0 Å². The van der Waals surface area contributed by atoms with E-state index in [0.29, 0.717) is 10.0 Å². The van der Waals surface area contributed by atoms with Crippen LogP contribution in [0, 0.1) is 0 Å². The molecular formula is C16H14BrN3O4. The Kier molecular flexibility index (Phi) is 6.02. The van der Waals surface area contributed by atoms with Gasteiger partial charge in [0.2, 0.25) is 0 Å². The molecule has 24 heavy (non-hydrogen) atoms. The zero-order valence-electron chi connectivity index (χ0n) is 12.7. The molecule has 2 aromatic rings. The molecule has 0 unspecified atom stereocenters. The maximum atomic E-state index is 11.9. The number of hydrazine groups is 1. The number of rotatable bonds is 4. The summed E-state index contributed by atoms with van der Waals surface area (Å²) in [7, 11) is 0. The number of carbonyl (C=O) groups is 3. The fraction of sp³-hybridized carbons (Fsp3) is 0.125. The topological polar surface area (TPSA) is 97.4 Å². The lowest BCUT2D eigenvalue weighted by molar-refractivity contribution is -0.129. The van der Waals surface area contributed by atoms with Gasteiger partial charge in [-0.15, -0.1) is 0 Å². The Morgan fingerprint density at radius 2 is 1.79 bits per heavy atom. The van der Waals surface area contributed by atoms with Gasteiger partial charge in [-0.1, -0.05) is 18.2 Å². The Morgan fingerprint density at radius 1 is 1.08 bits per heavy atom. The van der Waals surface area contributed by atoms with Gasteiger partial charge >= 0.3 is 5.97 Å². The first-order valence-corrected chi connectivity index (χ1v) is 7.73. The number of carbonyl (C=O) groups excluding carboxylic acids is 3. The van der Waals surface area contributed by atoms with Crippen LogP contribution in [0.5, 0.6) is 0 Å². The number of benzene rings is 1. The molecule has 0 spiro atoms. The van der Waals surface area contributed by atoms with Gasteiger partial charge in [0.1, 0.15) is 0 Å². The van der Waals surface area contributed by atoms with Crippen LogP contribution in [0.1, 0.15) is 27.6 Å². The summed E-state index contributed by atoms with van der Waals surface area (Å²) >= 11 is 3.19. The molecule has 0 aliphatic carbocycles. The Balaban J connectivity index is 1.86. The van der Waals surface area contributed by atoms with E-state index in [1.807, 2.05) is 0 Å². The molecule has 1 aromatic heterocycles. The summed E-state index contributed by atoms with van der Waals surface area (Å²) in [5, 5.41) is 0. The summed E-state index contributed by atoms with van der Waals surface area (Å²) in [6.45, 7) is 1.40. The van der Waals surface area contributed by atoms with Crippen molar-refractivity contribution in [2.24, 2.45) is 0 Å². The van der Waals surface area contributed by atoms with Gasteiger partial charge in [-0.3, -0.25) is 25.4 Å². The number of amides is 2. The van der Waals surface area contributed by atoms with Crippen LogP contribution in [0.4, 0.5) is 0 Å². The normalized spacial score (nSPS) is 11.2. The fourth-order valence-corrected chi connectivity index (χ4v) is 2.05. The molecule has 0 aliphatic rings. The summed E-state index contributed by atoms with van der Waals surface area (Å²) in [6, 6.07) is 9.90. The highest BCUT2D eigenvalue weighted by molar-refractivity contribution is 9.10. The molecule has 0 saturated carbocycles. The van der Waals surface area contributed by atoms with Crippen molar-refractivity contribution in [1.82, 2.24) is 15.8 Å². The lowest BCUT2D eigenvalue weighted by atomic mass is 10.2. The summed E-state index contributed by atoms with van der Waals surface area (Å²) in [5.41, 5.74) is 5.06. The summed E-state index contributed by atoms with van der Waals surface area (Å²) in [4.78, 5) is 39.5. The van der Waals surface area contributed by atoms with Crippen LogP contribution in [0.2, 0.25) is 0 Å². The van der Waals surface area contributed by atoms with E-state index in [1.54, 1.807) is 30.3 Å². The maximum absolute atomic E-state index is 11.9. The summed E-state index contributed by atoms with van der Waals surface area (Å²) in [5.74, 6) is -1.82. The maximum Gasteiger partial charge on any atom is 0.340 e. The molecule has 2 amide bonds. The number of halogens is 1. The Bertz CT molecular complexity index is 752. The lowest BCUT2D eigenvalue weighted by Crippen LogP contribution is -2.46. The van der Waals surface area contributed by atoms with Gasteiger partial charge in [0, 0.05) is 22.4 Å². The molecule has 8 heteroatoms. The first kappa shape index (κ1) is 17.6. The van der Waals surface area contributed by atoms with Crippen molar-refractivity contribution in [3.63, 3.8) is 0 Å². The van der Waals surface area contributed by atoms with E-state index in [-0.39, 0.29) is 5.56 Å². The largest absolute Gasteiger partial charge is 0.449 e. The highest BCUT2D eigenvalue weighted by Gasteiger charge is 2.20. The molecule has 7 nitrogen and oxygen atoms in total. The van der Waals surface area contributed by atoms with Gasteiger partial charge in [0.05, 0.1) is 5.56 Å². The number of aromatic nitrogens is 1. The highest BCUT2D eigenvalue weighted by Crippen LogP contribution is 2.11. The van der Waals surface area contributed by atoms with Gasteiger partial charge in [-0.25, -0.2) is 4.79 Å². The number of pyridine rings is 1. The van der Waals surface area contributed by atoms with Crippen LogP contribution >= 0.6 is 15.9 Å². The van der Waals surface area contributed by atoms with E-state index < -0.39 is 23.9 Å². The van der Waals surface area contributed by atoms with Crippen LogP contribution < -0.4 is 10.9 Å². The SMILES string of the molecule is C[C@@H](OC(=O)c1cncc(Br)c1)C(=O)NNC(=O)c1ccccc1. The molecule has 0 saturated heterocycles. The van der Waals surface area contributed by atoms with Gasteiger partial charge in [0.15, 0.2) is 6.10 Å². The first-order valence-electron chi connectivity index (χ1n) is 6.94. The molecule has 124 valence electrons. The zero-order valence-corrected chi connectivity index (χ0v) is 14.2. The number of hydrogen-bond acceptors (Lipinski definition) is 5. The monoisotopic (exact) mass is 391 g/mol. The number of ether oxygens (including phenoxy) is 1. The van der Waals surface area contributed by atoms with E-state index in [1.165, 1.54) is 25.4 Å². The Labute approximate surface area is 146 Å². The lowest BCUT2D eigenvalue weighted by Gasteiger charge is -2.14. The van der Waals surface area contributed by atoms with Crippen molar-refractivity contribution < 1.29 is 19.1 Å². The van der Waals surface area contributed by atoms with E-state index in [4.69, 9.17) is 4.74 Å². The average molecular weight is 392 g/mol. The van der Waals surface area contributed by atoms with Crippen molar-refractivity contribution >= 4 is 33.7 Å². The molecule has 0 aliphatic heterocycles. The van der Waals surface area contributed by atoms with E-state index in [0.717, 1.165) is 0 Å². The van der Waals surface area contributed by atoms with Gasteiger partial charge in [-0.2, -0.15) is 0 Å². The number of nitrogens with one attached hydrogen (secondary N) is 2. The summed E-state index contributed by atoms with van der Waals surface area (Å²) < 4.78 is 5.64. The van der Waals surface area contributed by atoms with Crippen LogP contribution in [-0.2, 0) is 9.53 Å². The van der Waals surface area contributed by atoms with Crippen molar-refractivity contribution in [2.75, 3.05) is 0 Å². The van der Waals surface area contributed by atoms with Crippen molar-refractivity contribution in [2.45, 2.75) is 13.0 Å². The van der Waals surface area contributed by atoms with Gasteiger partial charge in [0.25, 0.3) is 11.8 Å². The standard InChI is InChI=1S/C16H14BrN3O4/c1-10(24-16(23)12-7-13(17)9-18-8-12)14(21)19-20-15(22)11-5-3-2-4-6-11/h2-10H,1H3,(H,19,21)(H,20,22)/t10-/m1/s1. The minimum absolute atomic E-state index is 0.206. The third kappa shape index (κ3) is 4.88. The van der Waals surface area contributed by atoms with Crippen molar-refractivity contribution in [3.05, 3.63) is 64.4 Å². The van der Waals surface area contributed by atoms with E-state index in [9.17, 15) is 14.4 Å². The fourth-order valence-electron chi connectivity index (χ4n) is 1.69. The molecule has 2 rings (SSSR count). The Morgan fingerprint density at radius 3 is 2.46 bits per heavy atom. The zero-order chi connectivity index (χ0) is 17.5. The first-order chi connectivity index (χ1) is 11.5. The molecule has 0 bridgehead atoms. The molecule has 0 fully saturated rings. The summed E-state index contributed by atoms with van der Waals surface area (Å²) in [6.07, 6.45) is 1.76. The van der Waals surface area contributed by atoms with Crippen LogP contribution in [0.15, 0.2) is 53.3 Å². The molecule has 1 aromatic carbocycles. The molecular weight excluding hydrogens is 378 g/mol. The minimum atomic E-state index is -1.09. The van der Waals surface area contributed by atoms with Crippen molar-refractivity contribution in [1.29, 1.82) is 0 Å². The van der Waals surface area contributed by atoms with Crippen LogP contribution in [-0.4, -0.2) is 28.9 Å². The van der Waals surface area contributed by atoms with Crippen LogP contribution in [0.25, 0.3) is 0 Å². The predicted octanol–water partition coefficient (Wildman–Crippen LogP) is 1.85. The van der Waals surface area contributed by atoms with Crippen LogP contribution in [0.3, 0.4) is 0 Å². The quantitative estimate of drug-likeness (QED) is 0.612. The number of esters is 1. The molecule has 1 atom stereocenters. The third-order valence-corrected chi connectivity index (χ3v) is 3.36. The average Bonchev–Trinajstić information content (AvgIpc) is 2.60. The van der Waals surface area contributed by atoms with Gasteiger partial charge < -0.3 is 4.74 Å². The second-order valence-electron chi connectivity index (χ2n) is 4.75. The van der Waals surface area contributed by atoms with Gasteiger partial charge in [-0.05, 0) is 41.1 Å². The Hall–Kier alpha value is -2.74. The third-order valence-electron chi connectivity index (χ3n) is 2.93. The molecule has 1 heterocycles. The second kappa shape index (κ2) is 8.21. The number of hydrogen-bond donors (Lipinski definition) is 2. The smallest absolute Gasteiger partial charge is 0.340 e. The predicted molar refractivity (Wildman–Crippen MR) is 88.9 cm³/mol. The highest BCUT2D eigenvalue weighted by atomic mass is 79.9. The molecule has 2 N–H and O–H groups in total. The van der Waals surface area contributed by atoms with E-state index in [2.05, 4.69) is 31.8 Å². The molecule has 0 radical (unpaired) electrons. The second-order valence-corrected chi connectivity index (χ2v) is 5.66. The number of nitrogens with zero attached hydrogens (tertiary/aromatic N) is 1.